The number of carbonyl (C=O) groups excluding carboxylic acids is 2. The number of amides is 2. The number of hydrogen-bond acceptors (Lipinski definition) is 5. The van der Waals surface area contributed by atoms with E-state index in [1.165, 1.54) is 12.5 Å². The van der Waals surface area contributed by atoms with Crippen molar-refractivity contribution in [3.05, 3.63) is 35.4 Å². The highest BCUT2D eigenvalue weighted by molar-refractivity contribution is 5.90. The molecule has 0 bridgehead atoms. The summed E-state index contributed by atoms with van der Waals surface area (Å²) in [7, 11) is 0. The van der Waals surface area contributed by atoms with Gasteiger partial charge in [0.2, 0.25) is 11.8 Å². The first kappa shape index (κ1) is 28.1. The van der Waals surface area contributed by atoms with Crippen molar-refractivity contribution in [2.24, 2.45) is 11.7 Å². The summed E-state index contributed by atoms with van der Waals surface area (Å²) < 4.78 is 31.7. The molecule has 0 aromatic heterocycles. The van der Waals surface area contributed by atoms with Gasteiger partial charge in [0.15, 0.2) is 0 Å². The monoisotopic (exact) mass is 501 g/mol. The third kappa shape index (κ3) is 8.23. The fourth-order valence-electron chi connectivity index (χ4n) is 4.31. The lowest BCUT2D eigenvalue weighted by Gasteiger charge is -2.32. The van der Waals surface area contributed by atoms with Crippen LogP contribution in [0.4, 0.5) is 13.2 Å². The van der Waals surface area contributed by atoms with Crippen molar-refractivity contribution < 1.29 is 42.6 Å². The lowest BCUT2D eigenvalue weighted by Crippen LogP contribution is -2.53. The van der Waals surface area contributed by atoms with E-state index in [1.807, 2.05) is 0 Å². The predicted octanol–water partition coefficient (Wildman–Crippen LogP) is 2.53. The molecule has 2 amide bonds. The summed E-state index contributed by atoms with van der Waals surface area (Å²) in [6.45, 7) is 0.791. The molecule has 9 nitrogen and oxygen atoms in total. The van der Waals surface area contributed by atoms with Crippen LogP contribution in [-0.4, -0.2) is 63.7 Å². The summed E-state index contributed by atoms with van der Waals surface area (Å²) in [4.78, 5) is 47.2. The molecule has 35 heavy (non-hydrogen) atoms. The number of alkyl halides is 3. The Morgan fingerprint density at radius 3 is 2.26 bits per heavy atom. The Bertz CT molecular complexity index is 918. The summed E-state index contributed by atoms with van der Waals surface area (Å²) >= 11 is 0. The Hall–Kier alpha value is -3.15. The molecule has 1 heterocycles. The summed E-state index contributed by atoms with van der Waals surface area (Å²) in [5, 5.41) is 19.0. The molecule has 1 aromatic carbocycles. The summed E-state index contributed by atoms with van der Waals surface area (Å²) in [5.41, 5.74) is 7.16. The highest BCUT2D eigenvalue weighted by Gasteiger charge is 2.39. The van der Waals surface area contributed by atoms with Gasteiger partial charge < -0.3 is 26.2 Å². The molecular formula is C23H30F3N3O6. The van der Waals surface area contributed by atoms with Gasteiger partial charge in [-0.15, -0.1) is 0 Å². The van der Waals surface area contributed by atoms with E-state index in [0.717, 1.165) is 32.1 Å². The molecule has 12 heteroatoms. The van der Waals surface area contributed by atoms with Gasteiger partial charge in [0.05, 0.1) is 11.6 Å². The molecule has 1 aliphatic carbocycles. The zero-order valence-electron chi connectivity index (χ0n) is 19.1. The van der Waals surface area contributed by atoms with Gasteiger partial charge in [-0.1, -0.05) is 31.4 Å². The molecule has 0 radical (unpaired) electrons. The molecule has 1 aromatic rings. The van der Waals surface area contributed by atoms with Crippen molar-refractivity contribution in [2.45, 2.75) is 69.8 Å². The standard InChI is InChI=1S/C21H29N3O4.C2HF3O2/c22-18(15-7-2-1-3-8-15)20(26)24-11-5-10-17(24)19(25)23-13-14-6-4-9-16(12-14)21(27)28;3-2(4,5)1(6)7/h4,6,9,12,15,17-18H,1-3,5,7-8,10-11,13,22H2,(H,23,25)(H,27,28);(H,6,7)/t17-,18?;/m0./s1. The number of carboxylic acid groups (broad SMARTS) is 2. The minimum Gasteiger partial charge on any atom is -0.478 e. The number of nitrogens with two attached hydrogens (primary N) is 1. The van der Waals surface area contributed by atoms with Crippen molar-refractivity contribution >= 4 is 23.8 Å². The zero-order valence-corrected chi connectivity index (χ0v) is 19.1. The minimum atomic E-state index is -5.08. The third-order valence-electron chi connectivity index (χ3n) is 6.16. The smallest absolute Gasteiger partial charge is 0.478 e. The van der Waals surface area contributed by atoms with Crippen LogP contribution in [-0.2, 0) is 20.9 Å². The Labute approximate surface area is 200 Å². The number of rotatable bonds is 6. The molecule has 1 saturated heterocycles. The van der Waals surface area contributed by atoms with Crippen LogP contribution in [0.1, 0.15) is 60.9 Å². The van der Waals surface area contributed by atoms with Crippen LogP contribution in [0, 0.1) is 5.92 Å². The van der Waals surface area contributed by atoms with E-state index in [4.69, 9.17) is 20.7 Å². The van der Waals surface area contributed by atoms with Crippen LogP contribution in [0.15, 0.2) is 24.3 Å². The first-order valence-corrected chi connectivity index (χ1v) is 11.4. The Kier molecular flexibility index (Phi) is 10.1. The highest BCUT2D eigenvalue weighted by atomic mass is 19.4. The minimum absolute atomic E-state index is 0.113. The largest absolute Gasteiger partial charge is 0.490 e. The third-order valence-corrected chi connectivity index (χ3v) is 6.16. The SMILES string of the molecule is NC(C(=O)N1CCC[C@H]1C(=O)NCc1cccc(C(=O)O)c1)C1CCCCC1.O=C(O)C(F)(F)F. The van der Waals surface area contributed by atoms with Gasteiger partial charge in [0.1, 0.15) is 6.04 Å². The maximum absolute atomic E-state index is 12.9. The molecule has 2 fully saturated rings. The van der Waals surface area contributed by atoms with Gasteiger partial charge in [-0.2, -0.15) is 13.2 Å². The number of benzene rings is 1. The van der Waals surface area contributed by atoms with E-state index in [-0.39, 0.29) is 29.8 Å². The number of likely N-dealkylation sites (tertiary alicyclic amines) is 1. The molecule has 1 aliphatic heterocycles. The van der Waals surface area contributed by atoms with Gasteiger partial charge in [-0.05, 0) is 49.3 Å². The number of carboxylic acids is 2. The summed E-state index contributed by atoms with van der Waals surface area (Å²) in [5.74, 6) is -3.87. The number of aromatic carboxylic acids is 1. The van der Waals surface area contributed by atoms with Crippen molar-refractivity contribution in [1.29, 1.82) is 0 Å². The fraction of sp³-hybridized carbons (Fsp3) is 0.565. The Balaban J connectivity index is 0.000000540. The second-order valence-electron chi connectivity index (χ2n) is 8.64. The Morgan fingerprint density at radius 1 is 1.06 bits per heavy atom. The van der Waals surface area contributed by atoms with Crippen LogP contribution >= 0.6 is 0 Å². The average molecular weight is 502 g/mol. The van der Waals surface area contributed by atoms with Gasteiger partial charge >= 0.3 is 18.1 Å². The zero-order chi connectivity index (χ0) is 26.2. The molecule has 194 valence electrons. The van der Waals surface area contributed by atoms with E-state index in [0.29, 0.717) is 18.5 Å². The number of nitrogens with zero attached hydrogens (tertiary/aromatic N) is 1. The number of aliphatic carboxylic acids is 1. The lowest BCUT2D eigenvalue weighted by molar-refractivity contribution is -0.192. The van der Waals surface area contributed by atoms with Gasteiger partial charge in [-0.3, -0.25) is 9.59 Å². The van der Waals surface area contributed by atoms with E-state index in [2.05, 4.69) is 5.32 Å². The van der Waals surface area contributed by atoms with Gasteiger partial charge in [-0.25, -0.2) is 9.59 Å². The van der Waals surface area contributed by atoms with Gasteiger partial charge in [0, 0.05) is 13.1 Å². The molecule has 2 atom stereocenters. The van der Waals surface area contributed by atoms with Crippen LogP contribution < -0.4 is 11.1 Å². The van der Waals surface area contributed by atoms with Crippen LogP contribution in [0.2, 0.25) is 0 Å². The molecule has 0 spiro atoms. The van der Waals surface area contributed by atoms with Crippen LogP contribution in [0.3, 0.4) is 0 Å². The second kappa shape index (κ2) is 12.5. The number of nitrogens with one attached hydrogen (secondary N) is 1. The lowest BCUT2D eigenvalue weighted by atomic mass is 9.83. The van der Waals surface area contributed by atoms with Crippen LogP contribution in [0.25, 0.3) is 0 Å². The molecule has 1 saturated carbocycles. The molecule has 5 N–H and O–H groups in total. The fourth-order valence-corrected chi connectivity index (χ4v) is 4.31. The second-order valence-corrected chi connectivity index (χ2v) is 8.64. The quantitative estimate of drug-likeness (QED) is 0.468. The number of halogens is 3. The maximum atomic E-state index is 12.9. The normalized spacial score (nSPS) is 19.3. The topological polar surface area (TPSA) is 150 Å². The number of carbonyl (C=O) groups is 4. The summed E-state index contributed by atoms with van der Waals surface area (Å²) in [6.07, 6.45) is 1.74. The average Bonchev–Trinajstić information content (AvgIpc) is 3.32. The van der Waals surface area contributed by atoms with Crippen molar-refractivity contribution in [2.75, 3.05) is 6.54 Å². The van der Waals surface area contributed by atoms with Crippen molar-refractivity contribution in [3.8, 4) is 0 Å². The molecule has 2 aliphatic rings. The predicted molar refractivity (Wildman–Crippen MR) is 118 cm³/mol. The molecule has 1 unspecified atom stereocenters. The van der Waals surface area contributed by atoms with E-state index in [1.54, 1.807) is 23.1 Å². The molecule has 3 rings (SSSR count). The van der Waals surface area contributed by atoms with E-state index in [9.17, 15) is 27.6 Å². The highest BCUT2D eigenvalue weighted by Crippen LogP contribution is 2.28. The maximum Gasteiger partial charge on any atom is 0.490 e. The molecular weight excluding hydrogens is 471 g/mol. The summed E-state index contributed by atoms with van der Waals surface area (Å²) in [6, 6.07) is 5.45. The van der Waals surface area contributed by atoms with Gasteiger partial charge in [0.25, 0.3) is 0 Å². The van der Waals surface area contributed by atoms with E-state index >= 15 is 0 Å². The first-order chi connectivity index (χ1) is 16.4. The van der Waals surface area contributed by atoms with Crippen LogP contribution in [0.5, 0.6) is 0 Å². The first-order valence-electron chi connectivity index (χ1n) is 11.4. The Morgan fingerprint density at radius 2 is 1.69 bits per heavy atom. The van der Waals surface area contributed by atoms with Crippen molar-refractivity contribution in [3.63, 3.8) is 0 Å². The van der Waals surface area contributed by atoms with E-state index < -0.39 is 30.2 Å². The van der Waals surface area contributed by atoms with Crippen molar-refractivity contribution in [1.82, 2.24) is 10.2 Å². The number of hydrogen-bond donors (Lipinski definition) is 4.